The van der Waals surface area contributed by atoms with Gasteiger partial charge in [-0.15, -0.1) is 0 Å². The highest BCUT2D eigenvalue weighted by molar-refractivity contribution is 5.96. The van der Waals surface area contributed by atoms with E-state index in [2.05, 4.69) is 0 Å². The number of carbonyl (C=O) groups excluding carboxylic acids is 1. The minimum Gasteiger partial charge on any atom is -0.490 e. The van der Waals surface area contributed by atoms with Crippen LogP contribution in [0.5, 0.6) is 17.2 Å². The predicted octanol–water partition coefficient (Wildman–Crippen LogP) is 3.16. The highest BCUT2D eigenvalue weighted by Crippen LogP contribution is 2.31. The molecule has 0 saturated carbocycles. The summed E-state index contributed by atoms with van der Waals surface area (Å²) in [5, 5.41) is 0. The van der Waals surface area contributed by atoms with Crippen molar-refractivity contribution in [3.63, 3.8) is 0 Å². The summed E-state index contributed by atoms with van der Waals surface area (Å²) in [5.41, 5.74) is 0.542. The van der Waals surface area contributed by atoms with E-state index in [1.807, 2.05) is 42.5 Å². The molecule has 4 rings (SSSR count). The van der Waals surface area contributed by atoms with E-state index in [0.29, 0.717) is 36.8 Å². The number of para-hydroxylation sites is 3. The molecule has 2 heterocycles. The van der Waals surface area contributed by atoms with Crippen molar-refractivity contribution in [2.45, 2.75) is 25.0 Å². The smallest absolute Gasteiger partial charge is 0.257 e. The molecule has 0 aliphatic carbocycles. The lowest BCUT2D eigenvalue weighted by Crippen LogP contribution is -2.41. The van der Waals surface area contributed by atoms with E-state index in [1.165, 1.54) is 0 Å². The van der Waals surface area contributed by atoms with E-state index in [-0.39, 0.29) is 18.1 Å². The third-order valence-electron chi connectivity index (χ3n) is 4.96. The summed E-state index contributed by atoms with van der Waals surface area (Å²) >= 11 is 0. The molecule has 0 unspecified atom stereocenters. The summed E-state index contributed by atoms with van der Waals surface area (Å²) in [7, 11) is 1.77. The van der Waals surface area contributed by atoms with Crippen molar-refractivity contribution in [2.75, 3.05) is 33.4 Å². The van der Waals surface area contributed by atoms with Crippen LogP contribution in [-0.4, -0.2) is 56.4 Å². The summed E-state index contributed by atoms with van der Waals surface area (Å²) in [5.74, 6) is 1.92. The number of amides is 1. The van der Waals surface area contributed by atoms with E-state index in [4.69, 9.17) is 18.9 Å². The maximum absolute atomic E-state index is 13.0. The van der Waals surface area contributed by atoms with Gasteiger partial charge in [0.2, 0.25) is 0 Å². The maximum atomic E-state index is 13.0. The Hall–Kier alpha value is -2.73. The second-order valence-corrected chi connectivity index (χ2v) is 7.13. The predicted molar refractivity (Wildman–Crippen MR) is 104 cm³/mol. The molecule has 2 aliphatic heterocycles. The minimum absolute atomic E-state index is 0.105. The van der Waals surface area contributed by atoms with Gasteiger partial charge in [0.05, 0.1) is 18.2 Å². The van der Waals surface area contributed by atoms with Gasteiger partial charge in [-0.3, -0.25) is 4.79 Å². The lowest BCUT2D eigenvalue weighted by molar-refractivity contribution is 0.0509. The lowest BCUT2D eigenvalue weighted by Gasteiger charge is -2.29. The van der Waals surface area contributed by atoms with E-state index >= 15 is 0 Å². The van der Waals surface area contributed by atoms with E-state index in [0.717, 1.165) is 25.2 Å². The molecular weight excluding hydrogens is 358 g/mol. The van der Waals surface area contributed by atoms with Gasteiger partial charge in [0, 0.05) is 13.7 Å². The van der Waals surface area contributed by atoms with Crippen LogP contribution in [0.1, 0.15) is 23.2 Å². The fourth-order valence-corrected chi connectivity index (χ4v) is 3.47. The lowest BCUT2D eigenvalue weighted by atomic mass is 10.1. The Balaban J connectivity index is 1.38. The number of benzene rings is 2. The van der Waals surface area contributed by atoms with Gasteiger partial charge in [0.25, 0.3) is 5.91 Å². The van der Waals surface area contributed by atoms with Crippen molar-refractivity contribution in [3.8, 4) is 17.2 Å². The van der Waals surface area contributed by atoms with Crippen molar-refractivity contribution in [1.29, 1.82) is 0 Å². The first-order valence-corrected chi connectivity index (χ1v) is 9.68. The van der Waals surface area contributed by atoms with Crippen LogP contribution in [0.4, 0.5) is 0 Å². The van der Waals surface area contributed by atoms with E-state index < -0.39 is 0 Å². The highest BCUT2D eigenvalue weighted by Gasteiger charge is 2.25. The zero-order valence-electron chi connectivity index (χ0n) is 16.0. The number of fused-ring (bicyclic) bond motifs is 1. The molecule has 6 nitrogen and oxygen atoms in total. The molecule has 2 aromatic carbocycles. The molecule has 28 heavy (non-hydrogen) atoms. The molecule has 1 fully saturated rings. The van der Waals surface area contributed by atoms with E-state index in [9.17, 15) is 4.79 Å². The number of hydrogen-bond donors (Lipinski definition) is 0. The summed E-state index contributed by atoms with van der Waals surface area (Å²) in [4.78, 5) is 14.6. The normalized spacial score (nSPS) is 20.6. The number of carbonyl (C=O) groups is 1. The van der Waals surface area contributed by atoms with Crippen LogP contribution >= 0.6 is 0 Å². The third kappa shape index (κ3) is 4.22. The Morgan fingerprint density at radius 3 is 2.71 bits per heavy atom. The standard InChI is InChI=1S/C22H25NO5/c1-23(13-17-15-27-20-10-4-5-11-21(20)28-17)22(24)18-8-2-3-9-19(18)26-14-16-7-6-12-25-16/h2-5,8-11,16-17H,6-7,12-15H2,1H3/t16-,17+/m0/s1. The summed E-state index contributed by atoms with van der Waals surface area (Å²) in [6.07, 6.45) is 1.94. The Morgan fingerprint density at radius 1 is 1.11 bits per heavy atom. The molecule has 2 aliphatic rings. The van der Waals surface area contributed by atoms with Gasteiger partial charge in [-0.2, -0.15) is 0 Å². The van der Waals surface area contributed by atoms with Gasteiger partial charge in [0.1, 0.15) is 19.0 Å². The average Bonchev–Trinajstić information content (AvgIpc) is 3.25. The fraction of sp³-hybridized carbons (Fsp3) is 0.409. The Labute approximate surface area is 165 Å². The first kappa shape index (κ1) is 18.6. The monoisotopic (exact) mass is 383 g/mol. The van der Waals surface area contributed by atoms with Crippen molar-refractivity contribution >= 4 is 5.91 Å². The second kappa shape index (κ2) is 8.52. The fourth-order valence-electron chi connectivity index (χ4n) is 3.47. The summed E-state index contributed by atoms with van der Waals surface area (Å²) < 4.78 is 23.2. The molecule has 0 aromatic heterocycles. The Kier molecular flexibility index (Phi) is 5.67. The molecule has 2 aromatic rings. The van der Waals surface area contributed by atoms with Crippen molar-refractivity contribution < 1.29 is 23.7 Å². The SMILES string of the molecule is CN(C[C@@H]1COc2ccccc2O1)C(=O)c1ccccc1OC[C@@H]1CCCO1. The molecule has 1 amide bonds. The number of hydrogen-bond acceptors (Lipinski definition) is 5. The van der Waals surface area contributed by atoms with Gasteiger partial charge >= 0.3 is 0 Å². The molecule has 0 spiro atoms. The van der Waals surface area contributed by atoms with Crippen molar-refractivity contribution in [3.05, 3.63) is 54.1 Å². The van der Waals surface area contributed by atoms with Crippen LogP contribution in [0.15, 0.2) is 48.5 Å². The molecule has 6 heteroatoms. The number of nitrogens with zero attached hydrogens (tertiary/aromatic N) is 1. The topological polar surface area (TPSA) is 57.2 Å². The average molecular weight is 383 g/mol. The van der Waals surface area contributed by atoms with Crippen LogP contribution < -0.4 is 14.2 Å². The number of ether oxygens (including phenoxy) is 4. The minimum atomic E-state index is -0.219. The van der Waals surface area contributed by atoms with Gasteiger partial charge in [-0.05, 0) is 37.1 Å². The number of likely N-dealkylation sites (N-methyl/N-ethyl adjacent to an activating group) is 1. The first-order chi connectivity index (χ1) is 13.7. The Bertz CT molecular complexity index is 818. The van der Waals surface area contributed by atoms with Crippen LogP contribution in [0.25, 0.3) is 0 Å². The van der Waals surface area contributed by atoms with Gasteiger partial charge < -0.3 is 23.8 Å². The molecular formula is C22H25NO5. The van der Waals surface area contributed by atoms with Crippen molar-refractivity contribution in [2.24, 2.45) is 0 Å². The van der Waals surface area contributed by atoms with Crippen LogP contribution in [0.2, 0.25) is 0 Å². The van der Waals surface area contributed by atoms with Crippen LogP contribution in [0, 0.1) is 0 Å². The zero-order chi connectivity index (χ0) is 19.3. The largest absolute Gasteiger partial charge is 0.490 e. The maximum Gasteiger partial charge on any atom is 0.257 e. The van der Waals surface area contributed by atoms with E-state index in [1.54, 1.807) is 18.0 Å². The highest BCUT2D eigenvalue weighted by atomic mass is 16.6. The van der Waals surface area contributed by atoms with Crippen LogP contribution in [0.3, 0.4) is 0 Å². The molecule has 2 atom stereocenters. The van der Waals surface area contributed by atoms with Gasteiger partial charge in [-0.25, -0.2) is 0 Å². The third-order valence-corrected chi connectivity index (χ3v) is 4.96. The second-order valence-electron chi connectivity index (χ2n) is 7.13. The summed E-state index contributed by atoms with van der Waals surface area (Å²) in [6.45, 7) is 2.08. The van der Waals surface area contributed by atoms with Gasteiger partial charge in [0.15, 0.2) is 17.6 Å². The molecule has 148 valence electrons. The molecule has 0 bridgehead atoms. The Morgan fingerprint density at radius 2 is 1.89 bits per heavy atom. The molecule has 0 radical (unpaired) electrons. The number of rotatable bonds is 6. The zero-order valence-corrected chi connectivity index (χ0v) is 16.0. The molecule has 1 saturated heterocycles. The summed E-state index contributed by atoms with van der Waals surface area (Å²) in [6, 6.07) is 14.9. The van der Waals surface area contributed by atoms with Crippen LogP contribution in [-0.2, 0) is 4.74 Å². The molecule has 0 N–H and O–H groups in total. The van der Waals surface area contributed by atoms with Crippen molar-refractivity contribution in [1.82, 2.24) is 4.90 Å². The quantitative estimate of drug-likeness (QED) is 0.767. The van der Waals surface area contributed by atoms with Gasteiger partial charge in [-0.1, -0.05) is 24.3 Å². The first-order valence-electron chi connectivity index (χ1n) is 9.68.